The first kappa shape index (κ1) is 28.1. The molecule has 41 heavy (non-hydrogen) atoms. The second kappa shape index (κ2) is 12.8. The van der Waals surface area contributed by atoms with Gasteiger partial charge < -0.3 is 19.7 Å². The van der Waals surface area contributed by atoms with Gasteiger partial charge in [-0.2, -0.15) is 0 Å². The number of benzene rings is 4. The van der Waals surface area contributed by atoms with Gasteiger partial charge in [-0.3, -0.25) is 9.59 Å². The molecule has 0 aliphatic carbocycles. The normalized spacial score (nSPS) is 13.6. The molecule has 0 saturated heterocycles. The van der Waals surface area contributed by atoms with Gasteiger partial charge in [-0.1, -0.05) is 71.9 Å². The molecular weight excluding hydrogens is 532 g/mol. The number of nitrogens with one attached hydrogen (secondary N) is 1. The Kier molecular flexibility index (Phi) is 8.75. The lowest BCUT2D eigenvalue weighted by atomic mass is 10.1. The van der Waals surface area contributed by atoms with Crippen LogP contribution in [0.15, 0.2) is 101 Å². The van der Waals surface area contributed by atoms with Crippen LogP contribution in [-0.4, -0.2) is 32.6 Å². The fraction of sp³-hybridized carbons (Fsp3) is 0.176. The number of carbonyl (C=O) groups is 2. The molecule has 0 bridgehead atoms. The van der Waals surface area contributed by atoms with Gasteiger partial charge in [0.15, 0.2) is 0 Å². The third kappa shape index (κ3) is 6.64. The molecule has 1 heterocycles. The van der Waals surface area contributed by atoms with E-state index >= 15 is 0 Å². The second-order valence-corrected chi connectivity index (χ2v) is 10.8. The number of thioether (sulfide) groups is 1. The van der Waals surface area contributed by atoms with E-state index in [4.69, 9.17) is 9.47 Å². The standard InChI is InChI=1S/C34H32N2O4S/c1-23-7-6-8-25(19-23)22-36-29-9-4-5-10-31(29)41-32(34(36)38)20-24-11-13-27(14-12-24)33(37)35-18-17-26-15-16-28(39-2)21-30(26)40-3/h4-16,19-21H,17-18,22H2,1-3H3,(H,35,37)/b32-20+. The zero-order chi connectivity index (χ0) is 28.8. The van der Waals surface area contributed by atoms with Crippen LogP contribution in [-0.2, 0) is 17.8 Å². The Labute approximate surface area is 245 Å². The minimum atomic E-state index is -0.155. The Hall–Kier alpha value is -4.49. The molecule has 2 amide bonds. The predicted octanol–water partition coefficient (Wildman–Crippen LogP) is 6.66. The van der Waals surface area contributed by atoms with Crippen molar-refractivity contribution < 1.29 is 19.1 Å². The number of anilines is 1. The van der Waals surface area contributed by atoms with Crippen LogP contribution in [0.5, 0.6) is 11.5 Å². The molecule has 1 aliphatic heterocycles. The van der Waals surface area contributed by atoms with Crippen LogP contribution in [0.25, 0.3) is 6.08 Å². The summed E-state index contributed by atoms with van der Waals surface area (Å²) >= 11 is 1.47. The molecule has 0 fully saturated rings. The Morgan fingerprint density at radius 1 is 0.927 bits per heavy atom. The van der Waals surface area contributed by atoms with Crippen molar-refractivity contribution in [2.24, 2.45) is 0 Å². The molecule has 0 spiro atoms. The Balaban J connectivity index is 1.27. The number of ether oxygens (including phenoxy) is 2. The van der Waals surface area contributed by atoms with E-state index in [0.717, 1.165) is 44.3 Å². The van der Waals surface area contributed by atoms with E-state index in [1.165, 1.54) is 11.8 Å². The van der Waals surface area contributed by atoms with Crippen LogP contribution < -0.4 is 19.7 Å². The summed E-state index contributed by atoms with van der Waals surface area (Å²) in [5.41, 5.74) is 5.57. The summed E-state index contributed by atoms with van der Waals surface area (Å²) in [5.74, 6) is 1.26. The molecule has 0 saturated carbocycles. The summed E-state index contributed by atoms with van der Waals surface area (Å²) in [7, 11) is 3.23. The van der Waals surface area contributed by atoms with E-state index in [1.807, 2.05) is 77.7 Å². The van der Waals surface area contributed by atoms with Crippen molar-refractivity contribution in [3.63, 3.8) is 0 Å². The molecule has 6 nitrogen and oxygen atoms in total. The van der Waals surface area contributed by atoms with E-state index in [2.05, 4.69) is 24.4 Å². The van der Waals surface area contributed by atoms with Gasteiger partial charge in [0.25, 0.3) is 11.8 Å². The van der Waals surface area contributed by atoms with E-state index < -0.39 is 0 Å². The minimum Gasteiger partial charge on any atom is -0.497 e. The van der Waals surface area contributed by atoms with Crippen molar-refractivity contribution >= 4 is 35.3 Å². The highest BCUT2D eigenvalue weighted by Gasteiger charge is 2.29. The average molecular weight is 565 g/mol. The van der Waals surface area contributed by atoms with Crippen molar-refractivity contribution in [2.75, 3.05) is 25.7 Å². The van der Waals surface area contributed by atoms with Gasteiger partial charge in [0.05, 0.1) is 31.4 Å². The van der Waals surface area contributed by atoms with Crippen molar-refractivity contribution in [3.05, 3.63) is 124 Å². The maximum Gasteiger partial charge on any atom is 0.265 e. The highest BCUT2D eigenvalue weighted by atomic mass is 32.2. The first-order valence-corrected chi connectivity index (χ1v) is 14.2. The van der Waals surface area contributed by atoms with Crippen molar-refractivity contribution in [1.82, 2.24) is 5.32 Å². The van der Waals surface area contributed by atoms with E-state index in [0.29, 0.717) is 30.0 Å². The molecule has 4 aromatic rings. The van der Waals surface area contributed by atoms with Crippen LogP contribution in [0.3, 0.4) is 0 Å². The van der Waals surface area contributed by atoms with Crippen molar-refractivity contribution in [3.8, 4) is 11.5 Å². The number of hydrogen-bond acceptors (Lipinski definition) is 5. The van der Waals surface area contributed by atoms with Crippen LogP contribution in [0.4, 0.5) is 5.69 Å². The van der Waals surface area contributed by atoms with Gasteiger partial charge in [-0.25, -0.2) is 0 Å². The highest BCUT2D eigenvalue weighted by Crippen LogP contribution is 2.42. The molecule has 1 N–H and O–H groups in total. The Morgan fingerprint density at radius 3 is 2.49 bits per heavy atom. The quantitative estimate of drug-likeness (QED) is 0.230. The lowest BCUT2D eigenvalue weighted by Gasteiger charge is -2.30. The third-order valence-electron chi connectivity index (χ3n) is 6.90. The van der Waals surface area contributed by atoms with Gasteiger partial charge in [0, 0.05) is 23.1 Å². The monoisotopic (exact) mass is 564 g/mol. The number of para-hydroxylation sites is 1. The number of aryl methyl sites for hydroxylation is 1. The van der Waals surface area contributed by atoms with Gasteiger partial charge >= 0.3 is 0 Å². The van der Waals surface area contributed by atoms with E-state index in [-0.39, 0.29) is 11.8 Å². The Bertz CT molecular complexity index is 1600. The van der Waals surface area contributed by atoms with Gasteiger partial charge in [-0.05, 0) is 66.4 Å². The number of nitrogens with zero attached hydrogens (tertiary/aromatic N) is 1. The van der Waals surface area contributed by atoms with E-state index in [1.54, 1.807) is 26.4 Å². The maximum absolute atomic E-state index is 13.6. The molecule has 7 heteroatoms. The molecular formula is C34H32N2O4S. The minimum absolute atomic E-state index is 0.0361. The number of carbonyl (C=O) groups excluding carboxylic acids is 2. The first-order valence-electron chi connectivity index (χ1n) is 13.4. The number of hydrogen-bond donors (Lipinski definition) is 1. The zero-order valence-corrected chi connectivity index (χ0v) is 24.2. The fourth-order valence-corrected chi connectivity index (χ4v) is 5.82. The van der Waals surface area contributed by atoms with Crippen LogP contribution in [0, 0.1) is 6.92 Å². The summed E-state index contributed by atoms with van der Waals surface area (Å²) in [4.78, 5) is 29.9. The topological polar surface area (TPSA) is 67.9 Å². The molecule has 0 radical (unpaired) electrons. The van der Waals surface area contributed by atoms with Crippen molar-refractivity contribution in [2.45, 2.75) is 24.8 Å². The smallest absolute Gasteiger partial charge is 0.265 e. The number of fused-ring (bicyclic) bond motifs is 1. The predicted molar refractivity (Wildman–Crippen MR) is 165 cm³/mol. The summed E-state index contributed by atoms with van der Waals surface area (Å²) in [6.07, 6.45) is 2.52. The molecule has 0 unspecified atom stereocenters. The van der Waals surface area contributed by atoms with E-state index in [9.17, 15) is 9.59 Å². The third-order valence-corrected chi connectivity index (χ3v) is 7.98. The van der Waals surface area contributed by atoms with Crippen LogP contribution in [0.2, 0.25) is 0 Å². The molecule has 5 rings (SSSR count). The number of methoxy groups -OCH3 is 2. The molecule has 1 aliphatic rings. The molecule has 0 aromatic heterocycles. The van der Waals surface area contributed by atoms with Crippen molar-refractivity contribution in [1.29, 1.82) is 0 Å². The number of amides is 2. The van der Waals surface area contributed by atoms with Crippen LogP contribution in [0.1, 0.15) is 32.6 Å². The molecule has 4 aromatic carbocycles. The largest absolute Gasteiger partial charge is 0.497 e. The molecule has 0 atom stereocenters. The molecule has 208 valence electrons. The van der Waals surface area contributed by atoms with Crippen LogP contribution >= 0.6 is 11.8 Å². The maximum atomic E-state index is 13.6. The fourth-order valence-electron chi connectivity index (χ4n) is 4.77. The van der Waals surface area contributed by atoms with Gasteiger partial charge in [0.2, 0.25) is 0 Å². The second-order valence-electron chi connectivity index (χ2n) is 9.76. The lowest BCUT2D eigenvalue weighted by molar-refractivity contribution is -0.114. The Morgan fingerprint density at radius 2 is 1.73 bits per heavy atom. The summed E-state index contributed by atoms with van der Waals surface area (Å²) in [6, 6.07) is 29.2. The van der Waals surface area contributed by atoms with Gasteiger partial charge in [-0.15, -0.1) is 0 Å². The zero-order valence-electron chi connectivity index (χ0n) is 23.3. The summed E-state index contributed by atoms with van der Waals surface area (Å²) in [5, 5.41) is 2.97. The first-order chi connectivity index (χ1) is 19.9. The SMILES string of the molecule is COc1ccc(CCNC(=O)c2ccc(/C=C3/Sc4ccccc4N(Cc4cccc(C)c4)C3=O)cc2)c(OC)c1. The summed E-state index contributed by atoms with van der Waals surface area (Å²) < 4.78 is 10.7. The number of rotatable bonds is 9. The lowest BCUT2D eigenvalue weighted by Crippen LogP contribution is -2.33. The van der Waals surface area contributed by atoms with Gasteiger partial charge in [0.1, 0.15) is 11.5 Å². The summed E-state index contributed by atoms with van der Waals surface area (Å²) in [6.45, 7) is 3.02. The highest BCUT2D eigenvalue weighted by molar-refractivity contribution is 8.04. The average Bonchev–Trinajstić information content (AvgIpc) is 2.99.